The van der Waals surface area contributed by atoms with Gasteiger partial charge in [0.15, 0.2) is 0 Å². The van der Waals surface area contributed by atoms with Gasteiger partial charge in [-0.2, -0.15) is 0 Å². The first-order valence-corrected chi connectivity index (χ1v) is 6.27. The average Bonchev–Trinajstić information content (AvgIpc) is 2.38. The molecule has 2 atom stereocenters. The molecule has 0 bridgehead atoms. The monoisotopic (exact) mass is 250 g/mol. The van der Waals surface area contributed by atoms with Crippen LogP contribution in [0.25, 0.3) is 0 Å². The number of phenolic OH excluding ortho intramolecular Hbond substituents is 1. The van der Waals surface area contributed by atoms with Crippen molar-refractivity contribution in [1.29, 1.82) is 0 Å². The van der Waals surface area contributed by atoms with Crippen molar-refractivity contribution >= 4 is 5.91 Å². The summed E-state index contributed by atoms with van der Waals surface area (Å²) >= 11 is 0. The molecule has 1 amide bonds. The summed E-state index contributed by atoms with van der Waals surface area (Å²) in [4.78, 5) is 14.0. The molecule has 4 nitrogen and oxygen atoms in total. The van der Waals surface area contributed by atoms with Crippen LogP contribution < -0.4 is 5.32 Å². The minimum Gasteiger partial charge on any atom is -0.508 e. The van der Waals surface area contributed by atoms with Gasteiger partial charge in [-0.1, -0.05) is 12.1 Å². The highest BCUT2D eigenvalue weighted by Crippen LogP contribution is 2.23. The van der Waals surface area contributed by atoms with E-state index in [1.807, 2.05) is 26.8 Å². The highest BCUT2D eigenvalue weighted by molar-refractivity contribution is 5.81. The molecule has 0 saturated heterocycles. The molecule has 0 spiro atoms. The number of hydrogen-bond donors (Lipinski definition) is 2. The molecule has 0 radical (unpaired) electrons. The first-order valence-electron chi connectivity index (χ1n) is 6.27. The van der Waals surface area contributed by atoms with Gasteiger partial charge in [0.1, 0.15) is 5.75 Å². The van der Waals surface area contributed by atoms with Crippen molar-refractivity contribution < 1.29 is 9.90 Å². The lowest BCUT2D eigenvalue weighted by atomic mass is 10.1. The van der Waals surface area contributed by atoms with Crippen LogP contribution in [-0.4, -0.2) is 35.5 Å². The van der Waals surface area contributed by atoms with E-state index in [1.54, 1.807) is 30.1 Å². The molecular formula is C14H22N2O2. The number of rotatable bonds is 5. The van der Waals surface area contributed by atoms with E-state index in [0.717, 1.165) is 5.56 Å². The number of hydrogen-bond acceptors (Lipinski definition) is 3. The fourth-order valence-corrected chi connectivity index (χ4v) is 1.96. The molecule has 100 valence electrons. The predicted molar refractivity (Wildman–Crippen MR) is 72.4 cm³/mol. The SMILES string of the molecule is CCN(C(=O)C(C)NC)C(C)c1cccc(O)c1. The third-order valence-corrected chi connectivity index (χ3v) is 3.25. The molecule has 0 aliphatic heterocycles. The topological polar surface area (TPSA) is 52.6 Å². The van der Waals surface area contributed by atoms with Crippen LogP contribution in [-0.2, 0) is 4.79 Å². The van der Waals surface area contributed by atoms with Crippen LogP contribution in [0, 0.1) is 0 Å². The zero-order chi connectivity index (χ0) is 13.7. The molecule has 4 heteroatoms. The number of likely N-dealkylation sites (N-methyl/N-ethyl adjacent to an activating group) is 2. The molecule has 0 fully saturated rings. The van der Waals surface area contributed by atoms with Crippen LogP contribution >= 0.6 is 0 Å². The van der Waals surface area contributed by atoms with Gasteiger partial charge in [-0.25, -0.2) is 0 Å². The zero-order valence-corrected chi connectivity index (χ0v) is 11.5. The van der Waals surface area contributed by atoms with Gasteiger partial charge >= 0.3 is 0 Å². The van der Waals surface area contributed by atoms with Crippen molar-refractivity contribution in [2.75, 3.05) is 13.6 Å². The summed E-state index contributed by atoms with van der Waals surface area (Å²) in [7, 11) is 1.77. The minimum absolute atomic E-state index is 0.0506. The molecule has 0 aromatic heterocycles. The van der Waals surface area contributed by atoms with Crippen molar-refractivity contribution in [1.82, 2.24) is 10.2 Å². The second-order valence-electron chi connectivity index (χ2n) is 4.41. The van der Waals surface area contributed by atoms with Gasteiger partial charge in [0, 0.05) is 6.54 Å². The van der Waals surface area contributed by atoms with Gasteiger partial charge in [0.05, 0.1) is 12.1 Å². The molecule has 0 heterocycles. The summed E-state index contributed by atoms with van der Waals surface area (Å²) in [5.74, 6) is 0.292. The Bertz CT molecular complexity index is 407. The van der Waals surface area contributed by atoms with Gasteiger partial charge in [0.2, 0.25) is 5.91 Å². The Hall–Kier alpha value is -1.55. The largest absolute Gasteiger partial charge is 0.508 e. The molecule has 2 unspecified atom stereocenters. The Morgan fingerprint density at radius 3 is 2.61 bits per heavy atom. The van der Waals surface area contributed by atoms with Crippen LogP contribution in [0.15, 0.2) is 24.3 Å². The third kappa shape index (κ3) is 3.23. The smallest absolute Gasteiger partial charge is 0.239 e. The molecule has 1 rings (SSSR count). The van der Waals surface area contributed by atoms with E-state index in [0.29, 0.717) is 6.54 Å². The fourth-order valence-electron chi connectivity index (χ4n) is 1.96. The number of aromatic hydroxyl groups is 1. The number of phenols is 1. The number of amides is 1. The first kappa shape index (κ1) is 14.5. The zero-order valence-electron chi connectivity index (χ0n) is 11.5. The summed E-state index contributed by atoms with van der Waals surface area (Å²) in [5.41, 5.74) is 0.938. The van der Waals surface area contributed by atoms with E-state index in [2.05, 4.69) is 5.32 Å². The van der Waals surface area contributed by atoms with Crippen LogP contribution in [0.5, 0.6) is 5.75 Å². The van der Waals surface area contributed by atoms with E-state index in [1.165, 1.54) is 0 Å². The standard InChI is InChI=1S/C14H22N2O2/c1-5-16(14(18)10(2)15-4)11(3)12-7-6-8-13(17)9-12/h6-11,15,17H,5H2,1-4H3. The molecule has 1 aromatic carbocycles. The van der Waals surface area contributed by atoms with Crippen molar-refractivity contribution in [3.63, 3.8) is 0 Å². The number of benzene rings is 1. The van der Waals surface area contributed by atoms with Crippen molar-refractivity contribution in [2.24, 2.45) is 0 Å². The van der Waals surface area contributed by atoms with Gasteiger partial charge in [0.25, 0.3) is 0 Å². The molecule has 18 heavy (non-hydrogen) atoms. The molecular weight excluding hydrogens is 228 g/mol. The van der Waals surface area contributed by atoms with E-state index in [9.17, 15) is 9.90 Å². The maximum Gasteiger partial charge on any atom is 0.239 e. The van der Waals surface area contributed by atoms with Crippen LogP contribution in [0.4, 0.5) is 0 Å². The van der Waals surface area contributed by atoms with E-state index in [-0.39, 0.29) is 23.7 Å². The predicted octanol–water partition coefficient (Wildman–Crippen LogP) is 1.91. The average molecular weight is 250 g/mol. The second-order valence-corrected chi connectivity index (χ2v) is 4.41. The summed E-state index contributed by atoms with van der Waals surface area (Å²) in [5, 5.41) is 12.5. The highest BCUT2D eigenvalue weighted by Gasteiger charge is 2.23. The molecule has 0 saturated carbocycles. The summed E-state index contributed by atoms with van der Waals surface area (Å²) < 4.78 is 0. The third-order valence-electron chi connectivity index (χ3n) is 3.25. The summed E-state index contributed by atoms with van der Waals surface area (Å²) in [6.07, 6.45) is 0. The normalized spacial score (nSPS) is 14.0. The van der Waals surface area contributed by atoms with Crippen molar-refractivity contribution in [2.45, 2.75) is 32.9 Å². The molecule has 2 N–H and O–H groups in total. The van der Waals surface area contributed by atoms with E-state index >= 15 is 0 Å². The second kappa shape index (κ2) is 6.40. The Morgan fingerprint density at radius 2 is 2.11 bits per heavy atom. The Morgan fingerprint density at radius 1 is 1.44 bits per heavy atom. The number of carbonyl (C=O) groups is 1. The van der Waals surface area contributed by atoms with Crippen LogP contribution in [0.2, 0.25) is 0 Å². The van der Waals surface area contributed by atoms with Gasteiger partial charge in [-0.05, 0) is 45.5 Å². The minimum atomic E-state index is -0.204. The van der Waals surface area contributed by atoms with Gasteiger partial charge in [-0.15, -0.1) is 0 Å². The van der Waals surface area contributed by atoms with Gasteiger partial charge in [-0.3, -0.25) is 4.79 Å². The molecule has 0 aliphatic rings. The fraction of sp³-hybridized carbons (Fsp3) is 0.500. The van der Waals surface area contributed by atoms with Crippen molar-refractivity contribution in [3.8, 4) is 5.75 Å². The van der Waals surface area contributed by atoms with Crippen LogP contribution in [0.3, 0.4) is 0 Å². The first-order chi connectivity index (χ1) is 8.51. The summed E-state index contributed by atoms with van der Waals surface area (Å²) in [6, 6.07) is 6.79. The highest BCUT2D eigenvalue weighted by atomic mass is 16.3. The Labute approximate surface area is 109 Å². The quantitative estimate of drug-likeness (QED) is 0.839. The maximum atomic E-state index is 12.2. The Kier molecular flexibility index (Phi) is 5.16. The van der Waals surface area contributed by atoms with E-state index in [4.69, 9.17) is 0 Å². The lowest BCUT2D eigenvalue weighted by Crippen LogP contribution is -2.44. The molecule has 1 aromatic rings. The van der Waals surface area contributed by atoms with Crippen molar-refractivity contribution in [3.05, 3.63) is 29.8 Å². The number of nitrogens with zero attached hydrogens (tertiary/aromatic N) is 1. The lowest BCUT2D eigenvalue weighted by Gasteiger charge is -2.30. The van der Waals surface area contributed by atoms with E-state index < -0.39 is 0 Å². The maximum absolute atomic E-state index is 12.2. The Balaban J connectivity index is 2.92. The number of nitrogens with one attached hydrogen (secondary N) is 1. The summed E-state index contributed by atoms with van der Waals surface area (Å²) in [6.45, 7) is 6.42. The lowest BCUT2D eigenvalue weighted by molar-refractivity contribution is -0.134. The molecule has 0 aliphatic carbocycles. The van der Waals surface area contributed by atoms with Gasteiger partial charge < -0.3 is 15.3 Å². The van der Waals surface area contributed by atoms with Crippen LogP contribution in [0.1, 0.15) is 32.4 Å². The number of carbonyl (C=O) groups excluding carboxylic acids is 1.